The summed E-state index contributed by atoms with van der Waals surface area (Å²) in [6.07, 6.45) is 4.24. The highest BCUT2D eigenvalue weighted by Gasteiger charge is 1.91. The zero-order valence-electron chi connectivity index (χ0n) is 11.2. The number of benzene rings is 2. The number of rotatable bonds is 2. The molecule has 3 nitrogen and oxygen atoms in total. The van der Waals surface area contributed by atoms with Crippen molar-refractivity contribution in [3.63, 3.8) is 0 Å². The average Bonchev–Trinajstić information content (AvgIpc) is 2.48. The molecule has 2 N–H and O–H groups in total. The molecule has 0 radical (unpaired) electrons. The van der Waals surface area contributed by atoms with Crippen LogP contribution in [0.2, 0.25) is 0 Å². The number of carbonyl (C=O) groups excluding carboxylic acids is 1. The van der Waals surface area contributed by atoms with Gasteiger partial charge in [-0.15, -0.1) is 0 Å². The van der Waals surface area contributed by atoms with Gasteiger partial charge in [0.05, 0.1) is 22.9 Å². The summed E-state index contributed by atoms with van der Waals surface area (Å²) in [6, 6.07) is 20.6. The van der Waals surface area contributed by atoms with Crippen molar-refractivity contribution in [2.24, 2.45) is 5.84 Å². The van der Waals surface area contributed by atoms with Crippen molar-refractivity contribution >= 4 is 40.9 Å². The third-order valence-electron chi connectivity index (χ3n) is 2.37. The lowest BCUT2D eigenvalue weighted by Gasteiger charge is -1.98. The summed E-state index contributed by atoms with van der Waals surface area (Å²) in [5.41, 5.74) is 2.47. The predicted molar refractivity (Wildman–Crippen MR) is 92.5 cm³/mol. The van der Waals surface area contributed by atoms with E-state index >= 15 is 0 Å². The van der Waals surface area contributed by atoms with Crippen molar-refractivity contribution < 1.29 is 4.79 Å². The molecule has 2 rings (SSSR count). The summed E-state index contributed by atoms with van der Waals surface area (Å²) in [6.45, 7) is 1.40. The Morgan fingerprint density at radius 1 is 0.950 bits per heavy atom. The highest BCUT2D eigenvalue weighted by molar-refractivity contribution is 14.1. The fraction of sp³-hybridized carbons (Fsp3) is 0.0625. The van der Waals surface area contributed by atoms with Crippen molar-refractivity contribution in [2.75, 3.05) is 0 Å². The van der Waals surface area contributed by atoms with Crippen molar-refractivity contribution in [3.8, 4) is 0 Å². The SMILES string of the molecule is C(=Cc1ccccc1)c1ccccc1.CC(=O)N(N)I. The van der Waals surface area contributed by atoms with Gasteiger partial charge in [-0.25, -0.2) is 9.06 Å². The molecule has 0 fully saturated rings. The first-order chi connectivity index (χ1) is 9.59. The Balaban J connectivity index is 0.000000286. The minimum absolute atomic E-state index is 0.143. The Hall–Kier alpha value is -1.66. The van der Waals surface area contributed by atoms with E-state index in [1.165, 1.54) is 18.1 Å². The van der Waals surface area contributed by atoms with Gasteiger partial charge in [-0.3, -0.25) is 4.79 Å². The van der Waals surface area contributed by atoms with E-state index in [4.69, 9.17) is 5.84 Å². The Labute approximate surface area is 133 Å². The van der Waals surface area contributed by atoms with E-state index < -0.39 is 0 Å². The zero-order chi connectivity index (χ0) is 14.8. The lowest BCUT2D eigenvalue weighted by atomic mass is 10.1. The molecule has 0 atom stereocenters. The number of carbonyl (C=O) groups is 1. The molecular weight excluding hydrogens is 363 g/mol. The summed E-state index contributed by atoms with van der Waals surface area (Å²) in [7, 11) is 0. The van der Waals surface area contributed by atoms with Crippen LogP contribution in [0.1, 0.15) is 18.1 Å². The van der Waals surface area contributed by atoms with Gasteiger partial charge in [-0.1, -0.05) is 72.8 Å². The monoisotopic (exact) mass is 380 g/mol. The van der Waals surface area contributed by atoms with Crippen LogP contribution in [0, 0.1) is 0 Å². The van der Waals surface area contributed by atoms with Crippen LogP contribution in [0.3, 0.4) is 0 Å². The van der Waals surface area contributed by atoms with Crippen LogP contribution in [0.15, 0.2) is 60.7 Å². The standard InChI is InChI=1S/C14H12.C2H5IN2O/c1-3-7-13(8-4-1)11-12-14-9-5-2-6-10-14;1-2(6)5(3)4/h1-12H;4H2,1H3. The minimum atomic E-state index is -0.143. The highest BCUT2D eigenvalue weighted by Crippen LogP contribution is 2.06. The fourth-order valence-electron chi connectivity index (χ4n) is 1.32. The van der Waals surface area contributed by atoms with Gasteiger partial charge < -0.3 is 0 Å². The largest absolute Gasteiger partial charge is 0.273 e. The first kappa shape index (κ1) is 16.4. The van der Waals surface area contributed by atoms with Gasteiger partial charge >= 0.3 is 0 Å². The van der Waals surface area contributed by atoms with Crippen LogP contribution in [0.5, 0.6) is 0 Å². The van der Waals surface area contributed by atoms with Crippen molar-refractivity contribution in [3.05, 3.63) is 71.8 Å². The highest BCUT2D eigenvalue weighted by atomic mass is 127. The number of nitrogens with zero attached hydrogens (tertiary/aromatic N) is 1. The van der Waals surface area contributed by atoms with Gasteiger partial charge in [0, 0.05) is 6.92 Å². The topological polar surface area (TPSA) is 46.3 Å². The molecule has 0 aromatic heterocycles. The molecule has 0 aliphatic heterocycles. The lowest BCUT2D eigenvalue weighted by molar-refractivity contribution is -0.123. The first-order valence-electron chi connectivity index (χ1n) is 6.09. The van der Waals surface area contributed by atoms with Crippen LogP contribution < -0.4 is 5.84 Å². The Kier molecular flexibility index (Phi) is 7.60. The van der Waals surface area contributed by atoms with Crippen LogP contribution in [0.4, 0.5) is 0 Å². The smallest absolute Gasteiger partial charge is 0.242 e. The van der Waals surface area contributed by atoms with Gasteiger partial charge in [0.25, 0.3) is 0 Å². The van der Waals surface area contributed by atoms with Crippen molar-refractivity contribution in [1.82, 2.24) is 3.22 Å². The molecule has 104 valence electrons. The number of halogens is 1. The molecule has 2 aromatic carbocycles. The van der Waals surface area contributed by atoms with E-state index in [1.807, 2.05) is 36.4 Å². The molecule has 20 heavy (non-hydrogen) atoms. The van der Waals surface area contributed by atoms with Crippen LogP contribution in [0.25, 0.3) is 12.2 Å². The number of amides is 1. The van der Waals surface area contributed by atoms with Gasteiger partial charge in [0.1, 0.15) is 0 Å². The van der Waals surface area contributed by atoms with Crippen LogP contribution in [-0.4, -0.2) is 9.13 Å². The Morgan fingerprint density at radius 3 is 1.50 bits per heavy atom. The molecule has 0 saturated heterocycles. The van der Waals surface area contributed by atoms with E-state index in [-0.39, 0.29) is 5.91 Å². The maximum atomic E-state index is 9.94. The average molecular weight is 380 g/mol. The summed E-state index contributed by atoms with van der Waals surface area (Å²) in [5, 5.41) is 0. The van der Waals surface area contributed by atoms with E-state index in [0.29, 0.717) is 0 Å². The zero-order valence-corrected chi connectivity index (χ0v) is 13.4. The minimum Gasteiger partial charge on any atom is -0.273 e. The van der Waals surface area contributed by atoms with E-state index in [2.05, 4.69) is 36.4 Å². The second-order valence-electron chi connectivity index (χ2n) is 3.98. The van der Waals surface area contributed by atoms with Crippen molar-refractivity contribution in [1.29, 1.82) is 0 Å². The number of nitrogens with two attached hydrogens (primary N) is 1. The van der Waals surface area contributed by atoms with Gasteiger partial charge in [-0.05, 0) is 11.1 Å². The first-order valence-corrected chi connectivity index (χ1v) is 7.05. The molecule has 0 spiro atoms. The molecule has 4 heteroatoms. The molecule has 2 aromatic rings. The second kappa shape index (κ2) is 9.28. The van der Waals surface area contributed by atoms with Gasteiger partial charge in [0.2, 0.25) is 5.91 Å². The molecular formula is C16H17IN2O. The van der Waals surface area contributed by atoms with Crippen LogP contribution >= 0.6 is 22.9 Å². The van der Waals surface area contributed by atoms with Crippen molar-refractivity contribution in [2.45, 2.75) is 6.92 Å². The summed E-state index contributed by atoms with van der Waals surface area (Å²) in [5.74, 6) is 4.76. The van der Waals surface area contributed by atoms with Gasteiger partial charge in [-0.2, -0.15) is 0 Å². The second-order valence-corrected chi connectivity index (χ2v) is 5.02. The van der Waals surface area contributed by atoms with Crippen LogP contribution in [-0.2, 0) is 4.79 Å². The summed E-state index contributed by atoms with van der Waals surface area (Å²) < 4.78 is 0.998. The number of hydrazine groups is 1. The molecule has 0 bridgehead atoms. The quantitative estimate of drug-likeness (QED) is 0.214. The molecule has 0 heterocycles. The molecule has 0 aliphatic rings. The van der Waals surface area contributed by atoms with E-state index in [1.54, 1.807) is 22.9 Å². The molecule has 0 unspecified atom stereocenters. The summed E-state index contributed by atoms with van der Waals surface area (Å²) in [4.78, 5) is 9.94. The maximum Gasteiger partial charge on any atom is 0.242 e. The normalized spacial score (nSPS) is 9.75. The summed E-state index contributed by atoms with van der Waals surface area (Å²) >= 11 is 1.69. The number of hydrogen-bond acceptors (Lipinski definition) is 2. The Bertz CT molecular complexity index is 497. The Morgan fingerprint density at radius 2 is 1.25 bits per heavy atom. The van der Waals surface area contributed by atoms with Gasteiger partial charge in [0.15, 0.2) is 0 Å². The van der Waals surface area contributed by atoms with E-state index in [9.17, 15) is 4.79 Å². The molecule has 0 saturated carbocycles. The third-order valence-corrected chi connectivity index (χ3v) is 3.05. The van der Waals surface area contributed by atoms with E-state index in [0.717, 1.165) is 3.22 Å². The fourth-order valence-corrected chi connectivity index (χ4v) is 1.32. The maximum absolute atomic E-state index is 9.94. The third kappa shape index (κ3) is 7.06. The predicted octanol–water partition coefficient (Wildman–Crippen LogP) is 3.92. The number of hydrogen-bond donors (Lipinski definition) is 1. The lowest BCUT2D eigenvalue weighted by Crippen LogP contribution is -2.23. The molecule has 1 amide bonds. The molecule has 0 aliphatic carbocycles.